The van der Waals surface area contributed by atoms with Crippen molar-refractivity contribution in [1.29, 1.82) is 0 Å². The average molecular weight is 386 g/mol. The lowest BCUT2D eigenvalue weighted by molar-refractivity contribution is -1.02. The van der Waals surface area contributed by atoms with Gasteiger partial charge in [0.1, 0.15) is 39.3 Å². The second-order valence-electron chi connectivity index (χ2n) is 8.02. The van der Waals surface area contributed by atoms with E-state index in [2.05, 4.69) is 52.4 Å². The van der Waals surface area contributed by atoms with Crippen molar-refractivity contribution in [3.8, 4) is 0 Å². The highest BCUT2D eigenvalue weighted by Gasteiger charge is 2.24. The monoisotopic (exact) mass is 386 g/mol. The van der Waals surface area contributed by atoms with Gasteiger partial charge in [0, 0.05) is 5.56 Å². The topological polar surface area (TPSA) is 54.6 Å². The SMILES string of the molecule is O=c1[nH]c(C[NH+]2CC[NH+](Cc3cccc4ccccc34)CC2)nc2ccccc12. The van der Waals surface area contributed by atoms with Gasteiger partial charge in [-0.1, -0.05) is 54.6 Å². The predicted molar refractivity (Wildman–Crippen MR) is 115 cm³/mol. The number of H-pyrrole nitrogens is 1. The lowest BCUT2D eigenvalue weighted by Gasteiger charge is -2.29. The van der Waals surface area contributed by atoms with Gasteiger partial charge < -0.3 is 14.8 Å². The molecule has 5 rings (SSSR count). The zero-order chi connectivity index (χ0) is 19.6. The van der Waals surface area contributed by atoms with Crippen LogP contribution in [0.3, 0.4) is 0 Å². The molecule has 0 spiro atoms. The number of hydrogen-bond acceptors (Lipinski definition) is 2. The molecule has 0 saturated carbocycles. The number of aromatic amines is 1. The number of nitrogens with zero attached hydrogens (tertiary/aromatic N) is 1. The zero-order valence-electron chi connectivity index (χ0n) is 16.4. The molecule has 146 valence electrons. The van der Waals surface area contributed by atoms with E-state index >= 15 is 0 Å². The summed E-state index contributed by atoms with van der Waals surface area (Å²) in [4.78, 5) is 23.1. The molecule has 2 heterocycles. The molecular formula is C24H26N4O+2. The van der Waals surface area contributed by atoms with Crippen LogP contribution in [0.4, 0.5) is 0 Å². The molecular weight excluding hydrogens is 360 g/mol. The number of para-hydroxylation sites is 1. The van der Waals surface area contributed by atoms with Crippen LogP contribution in [0.1, 0.15) is 11.4 Å². The van der Waals surface area contributed by atoms with Crippen LogP contribution in [0, 0.1) is 0 Å². The van der Waals surface area contributed by atoms with E-state index in [1.807, 2.05) is 24.3 Å². The second-order valence-corrected chi connectivity index (χ2v) is 8.02. The molecule has 5 nitrogen and oxygen atoms in total. The van der Waals surface area contributed by atoms with Gasteiger partial charge in [-0.15, -0.1) is 0 Å². The van der Waals surface area contributed by atoms with Crippen LogP contribution in [0.15, 0.2) is 71.5 Å². The molecule has 0 radical (unpaired) electrons. The molecule has 0 atom stereocenters. The van der Waals surface area contributed by atoms with E-state index in [-0.39, 0.29) is 5.56 Å². The summed E-state index contributed by atoms with van der Waals surface area (Å²) in [5.74, 6) is 0.793. The average Bonchev–Trinajstić information content (AvgIpc) is 2.75. The van der Waals surface area contributed by atoms with Crippen molar-refractivity contribution >= 4 is 21.7 Å². The summed E-state index contributed by atoms with van der Waals surface area (Å²) < 4.78 is 0. The fraction of sp³-hybridized carbons (Fsp3) is 0.250. The Bertz CT molecular complexity index is 1200. The summed E-state index contributed by atoms with van der Waals surface area (Å²) in [5.41, 5.74) is 2.18. The van der Waals surface area contributed by atoms with E-state index < -0.39 is 0 Å². The van der Waals surface area contributed by atoms with Gasteiger partial charge in [0.15, 0.2) is 5.82 Å². The van der Waals surface area contributed by atoms with Gasteiger partial charge >= 0.3 is 0 Å². The van der Waals surface area contributed by atoms with Crippen LogP contribution in [-0.2, 0) is 13.1 Å². The summed E-state index contributed by atoms with van der Waals surface area (Å²) in [6.07, 6.45) is 0. The number of benzene rings is 3. The van der Waals surface area contributed by atoms with Gasteiger partial charge in [0.2, 0.25) is 0 Å². The quantitative estimate of drug-likeness (QED) is 0.480. The molecule has 1 fully saturated rings. The van der Waals surface area contributed by atoms with Crippen molar-refractivity contribution in [3.63, 3.8) is 0 Å². The Morgan fingerprint density at radius 3 is 2.24 bits per heavy atom. The molecule has 3 N–H and O–H groups in total. The fourth-order valence-corrected chi connectivity index (χ4v) is 4.48. The van der Waals surface area contributed by atoms with E-state index in [4.69, 9.17) is 0 Å². The van der Waals surface area contributed by atoms with Gasteiger partial charge in [-0.3, -0.25) is 4.79 Å². The van der Waals surface area contributed by atoms with Gasteiger partial charge in [-0.25, -0.2) is 4.98 Å². The maximum absolute atomic E-state index is 12.3. The van der Waals surface area contributed by atoms with Gasteiger partial charge in [0.05, 0.1) is 10.9 Å². The highest BCUT2D eigenvalue weighted by Crippen LogP contribution is 2.17. The number of quaternary nitrogens is 2. The molecule has 1 aromatic heterocycles. The normalized spacial score (nSPS) is 19.6. The molecule has 0 unspecified atom stereocenters. The minimum Gasteiger partial charge on any atom is -0.322 e. The number of hydrogen-bond donors (Lipinski definition) is 3. The van der Waals surface area contributed by atoms with Crippen LogP contribution in [0.2, 0.25) is 0 Å². The summed E-state index contributed by atoms with van der Waals surface area (Å²) in [6, 6.07) is 22.8. The first-order valence-corrected chi connectivity index (χ1v) is 10.4. The smallest absolute Gasteiger partial charge is 0.258 e. The van der Waals surface area contributed by atoms with E-state index in [0.717, 1.165) is 50.6 Å². The minimum absolute atomic E-state index is 0.0368. The summed E-state index contributed by atoms with van der Waals surface area (Å²) in [6.45, 7) is 6.31. The highest BCUT2D eigenvalue weighted by molar-refractivity contribution is 5.85. The third kappa shape index (κ3) is 3.79. The zero-order valence-corrected chi connectivity index (χ0v) is 16.4. The van der Waals surface area contributed by atoms with Crippen LogP contribution in [0.5, 0.6) is 0 Å². The number of fused-ring (bicyclic) bond motifs is 2. The number of nitrogens with one attached hydrogen (secondary N) is 3. The number of rotatable bonds is 4. The maximum Gasteiger partial charge on any atom is 0.258 e. The van der Waals surface area contributed by atoms with Crippen LogP contribution in [0.25, 0.3) is 21.7 Å². The third-order valence-electron chi connectivity index (χ3n) is 6.06. The Hall–Kier alpha value is -3.02. The van der Waals surface area contributed by atoms with Crippen LogP contribution in [-0.4, -0.2) is 36.1 Å². The summed E-state index contributed by atoms with van der Waals surface area (Å²) in [7, 11) is 0. The minimum atomic E-state index is -0.0368. The molecule has 29 heavy (non-hydrogen) atoms. The first-order chi connectivity index (χ1) is 14.3. The first kappa shape index (κ1) is 18.0. The maximum atomic E-state index is 12.3. The van der Waals surface area contributed by atoms with Crippen LogP contribution < -0.4 is 15.4 Å². The van der Waals surface area contributed by atoms with Crippen molar-refractivity contribution in [2.75, 3.05) is 26.2 Å². The molecule has 1 saturated heterocycles. The number of aromatic nitrogens is 2. The summed E-state index contributed by atoms with van der Waals surface area (Å²) in [5, 5.41) is 3.35. The van der Waals surface area contributed by atoms with Crippen LogP contribution >= 0.6 is 0 Å². The van der Waals surface area contributed by atoms with Gasteiger partial charge in [-0.2, -0.15) is 0 Å². The molecule has 5 heteroatoms. The second kappa shape index (κ2) is 7.78. The Morgan fingerprint density at radius 1 is 0.759 bits per heavy atom. The van der Waals surface area contributed by atoms with Crippen molar-refractivity contribution in [3.05, 3.63) is 88.5 Å². The largest absolute Gasteiger partial charge is 0.322 e. The lowest BCUT2D eigenvalue weighted by atomic mass is 10.0. The predicted octanol–water partition coefficient (Wildman–Crippen LogP) is 0.560. The third-order valence-corrected chi connectivity index (χ3v) is 6.06. The molecule has 0 amide bonds. The first-order valence-electron chi connectivity index (χ1n) is 10.4. The van der Waals surface area contributed by atoms with Gasteiger partial charge in [0.25, 0.3) is 5.56 Å². The van der Waals surface area contributed by atoms with E-state index in [9.17, 15) is 4.79 Å². The Kier molecular flexibility index (Phi) is 4.84. The van der Waals surface area contributed by atoms with E-state index in [1.165, 1.54) is 21.2 Å². The molecule has 1 aliphatic rings. The molecule has 1 aliphatic heterocycles. The molecule has 4 aromatic rings. The fourth-order valence-electron chi connectivity index (χ4n) is 4.48. The van der Waals surface area contributed by atoms with Crippen molar-refractivity contribution in [2.45, 2.75) is 13.1 Å². The van der Waals surface area contributed by atoms with E-state index in [0.29, 0.717) is 5.39 Å². The van der Waals surface area contributed by atoms with E-state index in [1.54, 1.807) is 4.90 Å². The number of piperazine rings is 1. The molecule has 0 bridgehead atoms. The molecule has 0 aliphatic carbocycles. The highest BCUT2D eigenvalue weighted by atomic mass is 16.1. The van der Waals surface area contributed by atoms with Gasteiger partial charge in [-0.05, 0) is 22.9 Å². The standard InChI is InChI=1S/C24H24N4O/c29-24-21-10-3-4-11-22(21)25-23(26-24)17-28-14-12-27(13-15-28)16-19-8-5-7-18-6-1-2-9-20(18)19/h1-11H,12-17H2,(H,25,26,29)/p+2. The Balaban J connectivity index is 1.24. The Morgan fingerprint density at radius 2 is 1.41 bits per heavy atom. The lowest BCUT2D eigenvalue weighted by Crippen LogP contribution is -3.27. The summed E-state index contributed by atoms with van der Waals surface area (Å²) >= 11 is 0. The Labute approximate surface area is 169 Å². The van der Waals surface area contributed by atoms with Crippen molar-refractivity contribution in [1.82, 2.24) is 9.97 Å². The van der Waals surface area contributed by atoms with Crippen molar-refractivity contribution in [2.24, 2.45) is 0 Å². The molecule has 3 aromatic carbocycles. The van der Waals surface area contributed by atoms with Crippen molar-refractivity contribution < 1.29 is 9.80 Å².